The van der Waals surface area contributed by atoms with Crippen molar-refractivity contribution in [3.8, 4) is 0 Å². The van der Waals surface area contributed by atoms with E-state index in [1.165, 1.54) is 3.97 Å². The molecular weight excluding hydrogens is 577 g/mol. The standard InChI is InChI=1S/C26H26IN3O4S/c1-19-7-9-23(10-8-19)35(31,32)30-16-25(27)24-13-21(14-28-26(24)30)29-11-12-33-18-22(15-29)34-17-20-5-3-2-4-6-20/h2-10,13-14,16,22H,11-12,15,17-18H2,1H3. The van der Waals surface area contributed by atoms with Gasteiger partial charge in [0.25, 0.3) is 10.0 Å². The van der Waals surface area contributed by atoms with Gasteiger partial charge < -0.3 is 14.4 Å². The van der Waals surface area contributed by atoms with E-state index in [2.05, 4.69) is 32.5 Å². The molecule has 9 heteroatoms. The molecule has 1 unspecified atom stereocenters. The van der Waals surface area contributed by atoms with E-state index >= 15 is 0 Å². The number of fused-ring (bicyclic) bond motifs is 1. The molecule has 0 amide bonds. The quantitative estimate of drug-likeness (QED) is 0.300. The molecule has 3 heterocycles. The van der Waals surface area contributed by atoms with Crippen LogP contribution in [0.2, 0.25) is 0 Å². The van der Waals surface area contributed by atoms with Gasteiger partial charge in [0.1, 0.15) is 0 Å². The third-order valence-electron chi connectivity index (χ3n) is 6.05. The third kappa shape index (κ3) is 5.23. The van der Waals surface area contributed by atoms with Crippen molar-refractivity contribution in [1.29, 1.82) is 0 Å². The van der Waals surface area contributed by atoms with Crippen molar-refractivity contribution in [1.82, 2.24) is 8.96 Å². The lowest BCUT2D eigenvalue weighted by Gasteiger charge is -2.25. The van der Waals surface area contributed by atoms with E-state index < -0.39 is 10.0 Å². The zero-order chi connectivity index (χ0) is 24.4. The Bertz CT molecular complexity index is 1420. The van der Waals surface area contributed by atoms with Crippen LogP contribution in [0.15, 0.2) is 78.0 Å². The number of pyridine rings is 1. The molecule has 0 aliphatic carbocycles. The minimum absolute atomic E-state index is 0.0843. The Hall–Kier alpha value is -2.47. The number of benzene rings is 2. The Labute approximate surface area is 218 Å². The number of ether oxygens (including phenoxy) is 2. The first-order valence-electron chi connectivity index (χ1n) is 11.4. The number of aryl methyl sites for hydroxylation is 1. The molecule has 1 aliphatic rings. The first-order valence-corrected chi connectivity index (χ1v) is 13.9. The van der Waals surface area contributed by atoms with Crippen LogP contribution in [0, 0.1) is 10.5 Å². The third-order valence-corrected chi connectivity index (χ3v) is 8.58. The molecule has 2 aromatic heterocycles. The molecule has 182 valence electrons. The van der Waals surface area contributed by atoms with Crippen molar-refractivity contribution in [2.24, 2.45) is 0 Å². The van der Waals surface area contributed by atoms with Crippen LogP contribution < -0.4 is 4.90 Å². The van der Waals surface area contributed by atoms with Crippen LogP contribution in [0.3, 0.4) is 0 Å². The van der Waals surface area contributed by atoms with Gasteiger partial charge in [0, 0.05) is 28.2 Å². The van der Waals surface area contributed by atoms with Gasteiger partial charge in [0.2, 0.25) is 0 Å². The minimum atomic E-state index is -3.75. The summed E-state index contributed by atoms with van der Waals surface area (Å²) in [6.45, 7) is 4.94. The average Bonchev–Trinajstić information content (AvgIpc) is 3.04. The van der Waals surface area contributed by atoms with Gasteiger partial charge in [-0.15, -0.1) is 0 Å². The highest BCUT2D eigenvalue weighted by molar-refractivity contribution is 14.1. The fraction of sp³-hybridized carbons (Fsp3) is 0.269. The molecule has 0 saturated carbocycles. The lowest BCUT2D eigenvalue weighted by Crippen LogP contribution is -2.34. The van der Waals surface area contributed by atoms with Gasteiger partial charge in [0.05, 0.1) is 42.7 Å². The highest BCUT2D eigenvalue weighted by Gasteiger charge is 2.24. The number of anilines is 1. The summed E-state index contributed by atoms with van der Waals surface area (Å²) in [5.41, 5.74) is 3.46. The van der Waals surface area contributed by atoms with Crippen LogP contribution in [0.1, 0.15) is 11.1 Å². The molecule has 7 nitrogen and oxygen atoms in total. The number of hydrogen-bond acceptors (Lipinski definition) is 6. The summed E-state index contributed by atoms with van der Waals surface area (Å²) < 4.78 is 40.7. The zero-order valence-electron chi connectivity index (χ0n) is 19.3. The predicted octanol–water partition coefficient (Wildman–Crippen LogP) is 4.61. The molecule has 0 N–H and O–H groups in total. The summed E-state index contributed by atoms with van der Waals surface area (Å²) in [5.74, 6) is 0. The highest BCUT2D eigenvalue weighted by atomic mass is 127. The van der Waals surface area contributed by atoms with Crippen molar-refractivity contribution in [2.45, 2.75) is 24.5 Å². The van der Waals surface area contributed by atoms with Gasteiger partial charge in [-0.3, -0.25) is 0 Å². The molecule has 0 radical (unpaired) electrons. The molecule has 1 fully saturated rings. The molecule has 4 aromatic rings. The minimum Gasteiger partial charge on any atom is -0.377 e. The number of halogens is 1. The van der Waals surface area contributed by atoms with Gasteiger partial charge in [-0.05, 0) is 53.3 Å². The lowest BCUT2D eigenvalue weighted by atomic mass is 10.2. The SMILES string of the molecule is Cc1ccc(S(=O)(=O)n2cc(I)c3cc(N4CCOCC(OCc5ccccc5)C4)cnc32)cc1. The smallest absolute Gasteiger partial charge is 0.269 e. The second-order valence-corrected chi connectivity index (χ2v) is 11.6. The number of hydrogen-bond donors (Lipinski definition) is 0. The fourth-order valence-corrected chi connectivity index (χ4v) is 6.30. The van der Waals surface area contributed by atoms with Crippen molar-refractivity contribution in [3.63, 3.8) is 0 Å². The normalized spacial score (nSPS) is 17.0. The Balaban J connectivity index is 1.40. The van der Waals surface area contributed by atoms with E-state index in [-0.39, 0.29) is 11.0 Å². The lowest BCUT2D eigenvalue weighted by molar-refractivity contribution is -0.00795. The van der Waals surface area contributed by atoms with Crippen LogP contribution in [0.25, 0.3) is 11.0 Å². The second kappa shape index (κ2) is 10.3. The van der Waals surface area contributed by atoms with Gasteiger partial charge in [-0.25, -0.2) is 17.4 Å². The molecule has 1 atom stereocenters. The fourth-order valence-electron chi connectivity index (χ4n) is 4.11. The maximum Gasteiger partial charge on any atom is 0.269 e. The molecule has 2 aromatic carbocycles. The summed E-state index contributed by atoms with van der Waals surface area (Å²) in [7, 11) is -3.75. The largest absolute Gasteiger partial charge is 0.377 e. The van der Waals surface area contributed by atoms with Crippen LogP contribution in [-0.2, 0) is 26.1 Å². The second-order valence-electron chi connectivity index (χ2n) is 8.60. The van der Waals surface area contributed by atoms with E-state index in [0.717, 1.165) is 25.8 Å². The first kappa shape index (κ1) is 24.2. The van der Waals surface area contributed by atoms with Crippen molar-refractivity contribution < 1.29 is 17.9 Å². The molecule has 1 aliphatic heterocycles. The molecule has 35 heavy (non-hydrogen) atoms. The maximum absolute atomic E-state index is 13.3. The summed E-state index contributed by atoms with van der Waals surface area (Å²) in [5, 5.41) is 0.797. The predicted molar refractivity (Wildman–Crippen MR) is 144 cm³/mol. The highest BCUT2D eigenvalue weighted by Crippen LogP contribution is 2.29. The summed E-state index contributed by atoms with van der Waals surface area (Å²) in [6, 6.07) is 18.9. The molecular formula is C26H26IN3O4S. The van der Waals surface area contributed by atoms with Crippen LogP contribution in [0.4, 0.5) is 5.69 Å². The number of nitrogens with zero attached hydrogens (tertiary/aromatic N) is 3. The van der Waals surface area contributed by atoms with Crippen molar-refractivity contribution in [3.05, 3.63) is 87.8 Å². The monoisotopic (exact) mass is 603 g/mol. The van der Waals surface area contributed by atoms with E-state index in [1.807, 2.05) is 43.3 Å². The number of rotatable bonds is 6. The molecule has 5 rings (SSSR count). The topological polar surface area (TPSA) is 73.7 Å². The Morgan fingerprint density at radius 2 is 1.91 bits per heavy atom. The Morgan fingerprint density at radius 3 is 2.69 bits per heavy atom. The van der Waals surface area contributed by atoms with Crippen molar-refractivity contribution >= 4 is 49.3 Å². The van der Waals surface area contributed by atoms with E-state index in [4.69, 9.17) is 9.47 Å². The van der Waals surface area contributed by atoms with Crippen molar-refractivity contribution in [2.75, 3.05) is 31.2 Å². The number of aromatic nitrogens is 2. The summed E-state index contributed by atoms with van der Waals surface area (Å²) >= 11 is 2.17. The molecule has 1 saturated heterocycles. The van der Waals surface area contributed by atoms with Gasteiger partial charge in [-0.1, -0.05) is 48.0 Å². The average molecular weight is 603 g/mol. The zero-order valence-corrected chi connectivity index (χ0v) is 22.3. The van der Waals surface area contributed by atoms with E-state index in [0.29, 0.717) is 38.6 Å². The Morgan fingerprint density at radius 1 is 1.14 bits per heavy atom. The van der Waals surface area contributed by atoms with Gasteiger partial charge >= 0.3 is 0 Å². The van der Waals surface area contributed by atoms with Crippen LogP contribution in [0.5, 0.6) is 0 Å². The summed E-state index contributed by atoms with van der Waals surface area (Å²) in [6.07, 6.45) is 3.28. The molecule has 0 bridgehead atoms. The van der Waals surface area contributed by atoms with Crippen LogP contribution in [-0.4, -0.2) is 49.8 Å². The Kier molecular flexibility index (Phi) is 7.10. The van der Waals surface area contributed by atoms with E-state index in [9.17, 15) is 8.42 Å². The van der Waals surface area contributed by atoms with Gasteiger partial charge in [-0.2, -0.15) is 0 Å². The maximum atomic E-state index is 13.3. The molecule has 0 spiro atoms. The van der Waals surface area contributed by atoms with E-state index in [1.54, 1.807) is 36.7 Å². The summed E-state index contributed by atoms with van der Waals surface area (Å²) in [4.78, 5) is 7.02. The first-order chi connectivity index (χ1) is 16.9. The van der Waals surface area contributed by atoms with Gasteiger partial charge in [0.15, 0.2) is 5.65 Å². The van der Waals surface area contributed by atoms with Crippen LogP contribution >= 0.6 is 22.6 Å².